The number of likely N-dealkylation sites (N-methyl/N-ethyl adjacent to an activating group) is 1. The molecule has 1 atom stereocenters. The maximum Gasteiger partial charge on any atom is 0.306 e. The average molecular weight is 332 g/mol. The predicted octanol–water partition coefficient (Wildman–Crippen LogP) is 2.83. The Morgan fingerprint density at radius 3 is 2.21 bits per heavy atom. The second kappa shape index (κ2) is 8.83. The van der Waals surface area contributed by atoms with Crippen LogP contribution < -0.4 is 5.32 Å². The van der Waals surface area contributed by atoms with Gasteiger partial charge in [-0.15, -0.1) is 0 Å². The van der Waals surface area contributed by atoms with E-state index in [1.165, 1.54) is 0 Å². The van der Waals surface area contributed by atoms with Crippen molar-refractivity contribution in [3.63, 3.8) is 0 Å². The fourth-order valence-corrected chi connectivity index (χ4v) is 3.52. The van der Waals surface area contributed by atoms with Crippen molar-refractivity contribution < 1.29 is 14.7 Å². The maximum atomic E-state index is 12.9. The second-order valence-corrected chi connectivity index (χ2v) is 6.43. The summed E-state index contributed by atoms with van der Waals surface area (Å²) in [5, 5.41) is 12.2. The van der Waals surface area contributed by atoms with Crippen LogP contribution in [-0.4, -0.2) is 41.0 Å². The molecule has 24 heavy (non-hydrogen) atoms. The molecule has 5 heteroatoms. The third-order valence-corrected chi connectivity index (χ3v) is 4.96. The summed E-state index contributed by atoms with van der Waals surface area (Å²) in [5.41, 5.74) is 0.998. The summed E-state index contributed by atoms with van der Waals surface area (Å²) in [6.45, 7) is 5.72. The lowest BCUT2D eigenvalue weighted by molar-refractivity contribution is -0.142. The van der Waals surface area contributed by atoms with Crippen LogP contribution in [0.3, 0.4) is 0 Å². The van der Waals surface area contributed by atoms with Gasteiger partial charge in [0.1, 0.15) is 6.04 Å². The topological polar surface area (TPSA) is 69.6 Å². The van der Waals surface area contributed by atoms with E-state index in [-0.39, 0.29) is 23.9 Å². The molecule has 1 aromatic carbocycles. The molecule has 1 aliphatic rings. The minimum atomic E-state index is -0.718. The summed E-state index contributed by atoms with van der Waals surface area (Å²) < 4.78 is 0. The van der Waals surface area contributed by atoms with Crippen molar-refractivity contribution in [2.45, 2.75) is 51.6 Å². The van der Waals surface area contributed by atoms with Crippen molar-refractivity contribution in [2.24, 2.45) is 5.92 Å². The molecule has 0 heterocycles. The fourth-order valence-electron chi connectivity index (χ4n) is 3.52. The quantitative estimate of drug-likeness (QED) is 0.805. The SMILES string of the molecule is CCN(CC)C(C(=O)NC1CCC(C(=O)O)CC1)c1ccccc1. The maximum absolute atomic E-state index is 12.9. The summed E-state index contributed by atoms with van der Waals surface area (Å²) in [7, 11) is 0. The first kappa shape index (κ1) is 18.5. The summed E-state index contributed by atoms with van der Waals surface area (Å²) in [6, 6.07) is 9.63. The van der Waals surface area contributed by atoms with Crippen LogP contribution in [-0.2, 0) is 9.59 Å². The number of aliphatic carboxylic acids is 1. The van der Waals surface area contributed by atoms with Crippen LogP contribution in [0.5, 0.6) is 0 Å². The molecule has 1 unspecified atom stereocenters. The lowest BCUT2D eigenvalue weighted by Crippen LogP contribution is -2.45. The van der Waals surface area contributed by atoms with E-state index < -0.39 is 5.97 Å². The molecule has 0 bridgehead atoms. The van der Waals surface area contributed by atoms with Crippen LogP contribution in [0.25, 0.3) is 0 Å². The number of carbonyl (C=O) groups is 2. The lowest BCUT2D eigenvalue weighted by Gasteiger charge is -2.32. The average Bonchev–Trinajstić information content (AvgIpc) is 2.60. The molecule has 5 nitrogen and oxygen atoms in total. The molecule has 0 radical (unpaired) electrons. The van der Waals surface area contributed by atoms with Crippen LogP contribution in [0.2, 0.25) is 0 Å². The minimum absolute atomic E-state index is 0.0173. The van der Waals surface area contributed by atoms with Gasteiger partial charge >= 0.3 is 5.97 Å². The number of nitrogens with zero attached hydrogens (tertiary/aromatic N) is 1. The van der Waals surface area contributed by atoms with E-state index in [9.17, 15) is 9.59 Å². The van der Waals surface area contributed by atoms with Crippen molar-refractivity contribution in [2.75, 3.05) is 13.1 Å². The molecule has 1 amide bonds. The summed E-state index contributed by atoms with van der Waals surface area (Å²) in [5.74, 6) is -0.959. The Morgan fingerprint density at radius 1 is 1.12 bits per heavy atom. The Balaban J connectivity index is 2.05. The normalized spacial score (nSPS) is 22.1. The Labute approximate surface area is 144 Å². The van der Waals surface area contributed by atoms with E-state index in [2.05, 4.69) is 24.1 Å². The predicted molar refractivity (Wildman–Crippen MR) is 93.6 cm³/mol. The molecule has 0 aliphatic heterocycles. The van der Waals surface area contributed by atoms with Crippen molar-refractivity contribution in [1.29, 1.82) is 0 Å². The molecular weight excluding hydrogens is 304 g/mol. The zero-order chi connectivity index (χ0) is 17.5. The number of hydrogen-bond donors (Lipinski definition) is 2. The molecular formula is C19H28N2O3. The summed E-state index contributed by atoms with van der Waals surface area (Å²) in [6.07, 6.45) is 2.76. The first-order chi connectivity index (χ1) is 11.6. The third kappa shape index (κ3) is 4.57. The van der Waals surface area contributed by atoms with E-state index in [1.807, 2.05) is 30.3 Å². The van der Waals surface area contributed by atoms with Gasteiger partial charge in [-0.05, 0) is 44.3 Å². The second-order valence-electron chi connectivity index (χ2n) is 6.43. The molecule has 0 aromatic heterocycles. The van der Waals surface area contributed by atoms with Crippen LogP contribution >= 0.6 is 0 Å². The van der Waals surface area contributed by atoms with Gasteiger partial charge in [0.25, 0.3) is 0 Å². The lowest BCUT2D eigenvalue weighted by atomic mass is 9.86. The van der Waals surface area contributed by atoms with Crippen LogP contribution in [0.1, 0.15) is 51.1 Å². The molecule has 0 saturated heterocycles. The van der Waals surface area contributed by atoms with E-state index in [0.29, 0.717) is 12.8 Å². The number of carboxylic acid groups (broad SMARTS) is 1. The molecule has 1 aliphatic carbocycles. The van der Waals surface area contributed by atoms with Crippen LogP contribution in [0, 0.1) is 5.92 Å². The first-order valence-corrected chi connectivity index (χ1v) is 8.89. The van der Waals surface area contributed by atoms with Gasteiger partial charge < -0.3 is 10.4 Å². The Bertz CT molecular complexity index is 535. The van der Waals surface area contributed by atoms with Gasteiger partial charge in [0.05, 0.1) is 5.92 Å². The summed E-state index contributed by atoms with van der Waals surface area (Å²) in [4.78, 5) is 26.1. The molecule has 132 valence electrons. The largest absolute Gasteiger partial charge is 0.481 e. The molecule has 1 saturated carbocycles. The van der Waals surface area contributed by atoms with Gasteiger partial charge in [0.2, 0.25) is 5.91 Å². The minimum Gasteiger partial charge on any atom is -0.481 e. The van der Waals surface area contributed by atoms with E-state index in [1.54, 1.807) is 0 Å². The Hall–Kier alpha value is -1.88. The fraction of sp³-hybridized carbons (Fsp3) is 0.579. The molecule has 2 rings (SSSR count). The van der Waals surface area contributed by atoms with Gasteiger partial charge in [-0.2, -0.15) is 0 Å². The number of benzene rings is 1. The van der Waals surface area contributed by atoms with Crippen molar-refractivity contribution >= 4 is 11.9 Å². The molecule has 1 fully saturated rings. The molecule has 1 aromatic rings. The van der Waals surface area contributed by atoms with Crippen molar-refractivity contribution in [3.8, 4) is 0 Å². The Kier molecular flexibility index (Phi) is 6.79. The zero-order valence-corrected chi connectivity index (χ0v) is 14.6. The third-order valence-electron chi connectivity index (χ3n) is 4.96. The number of rotatable bonds is 7. The highest BCUT2D eigenvalue weighted by molar-refractivity contribution is 5.83. The van der Waals surface area contributed by atoms with Crippen molar-refractivity contribution in [3.05, 3.63) is 35.9 Å². The number of amides is 1. The first-order valence-electron chi connectivity index (χ1n) is 8.89. The van der Waals surface area contributed by atoms with Crippen LogP contribution in [0.15, 0.2) is 30.3 Å². The monoisotopic (exact) mass is 332 g/mol. The highest BCUT2D eigenvalue weighted by Gasteiger charge is 2.30. The van der Waals surface area contributed by atoms with E-state index in [4.69, 9.17) is 5.11 Å². The van der Waals surface area contributed by atoms with E-state index in [0.717, 1.165) is 31.5 Å². The number of hydrogen-bond acceptors (Lipinski definition) is 3. The summed E-state index contributed by atoms with van der Waals surface area (Å²) >= 11 is 0. The van der Waals surface area contributed by atoms with Gasteiger partial charge in [-0.1, -0.05) is 44.2 Å². The van der Waals surface area contributed by atoms with Gasteiger partial charge in [0.15, 0.2) is 0 Å². The highest BCUT2D eigenvalue weighted by Crippen LogP contribution is 2.26. The van der Waals surface area contributed by atoms with E-state index >= 15 is 0 Å². The van der Waals surface area contributed by atoms with Gasteiger partial charge in [-0.3, -0.25) is 14.5 Å². The standard InChI is InChI=1S/C19H28N2O3/c1-3-21(4-2)17(14-8-6-5-7-9-14)18(22)20-16-12-10-15(11-13-16)19(23)24/h5-9,15-17H,3-4,10-13H2,1-2H3,(H,20,22)(H,23,24). The Morgan fingerprint density at radius 2 is 1.71 bits per heavy atom. The number of carbonyl (C=O) groups excluding carboxylic acids is 1. The zero-order valence-electron chi connectivity index (χ0n) is 14.6. The number of carboxylic acids is 1. The van der Waals surface area contributed by atoms with Crippen molar-refractivity contribution in [1.82, 2.24) is 10.2 Å². The molecule has 0 spiro atoms. The molecule has 2 N–H and O–H groups in total. The smallest absolute Gasteiger partial charge is 0.306 e. The number of nitrogens with one attached hydrogen (secondary N) is 1. The highest BCUT2D eigenvalue weighted by atomic mass is 16.4. The van der Waals surface area contributed by atoms with Crippen LogP contribution in [0.4, 0.5) is 0 Å². The van der Waals surface area contributed by atoms with Gasteiger partial charge in [0, 0.05) is 6.04 Å². The van der Waals surface area contributed by atoms with Gasteiger partial charge in [-0.25, -0.2) is 0 Å².